The number of anilines is 6. The molecule has 12 aromatic heterocycles. The summed E-state index contributed by atoms with van der Waals surface area (Å²) in [6, 6.07) is 0. The van der Waals surface area contributed by atoms with Crippen molar-refractivity contribution in [1.29, 1.82) is 0 Å². The molecule has 8 bridgehead atoms. The van der Waals surface area contributed by atoms with E-state index in [9.17, 15) is 43.4 Å². The van der Waals surface area contributed by atoms with Gasteiger partial charge < -0.3 is 115 Å². The molecule has 0 aromatic carbocycles. The lowest BCUT2D eigenvalue weighted by molar-refractivity contribution is -0.183. The van der Waals surface area contributed by atoms with E-state index >= 15 is 17.6 Å². The molecule has 20 N–H and O–H groups in total. The van der Waals surface area contributed by atoms with E-state index in [-0.39, 0.29) is 111 Å². The van der Waals surface area contributed by atoms with Crippen LogP contribution in [0, 0.1) is 0 Å². The molecule has 0 saturated carbocycles. The highest BCUT2D eigenvalue weighted by molar-refractivity contribution is 8.44. The fourth-order valence-electron chi connectivity index (χ4n) is 16.3. The number of fused-ring (bicyclic) bond motifs is 14. The van der Waals surface area contributed by atoms with Crippen LogP contribution in [0.5, 0.6) is 0 Å². The predicted octanol–water partition coefficient (Wildman–Crippen LogP) is -0.764. The number of nitrogen functional groups attached to an aromatic ring is 6. The first-order valence-electron chi connectivity index (χ1n) is 39.0. The van der Waals surface area contributed by atoms with Gasteiger partial charge in [0.15, 0.2) is 135 Å². The maximum absolute atomic E-state index is 16.0. The number of ether oxygens (including phenoxy) is 7. The van der Waals surface area contributed by atoms with Gasteiger partial charge in [-0.15, -0.1) is 5.10 Å². The van der Waals surface area contributed by atoms with E-state index in [1.165, 1.54) is 45.3 Å². The maximum atomic E-state index is 16.0. The first-order valence-corrected chi connectivity index (χ1v) is 54.6. The van der Waals surface area contributed by atoms with Gasteiger partial charge in [0.05, 0.1) is 84.0 Å². The molecule has 0 aliphatic carbocycles. The van der Waals surface area contributed by atoms with Crippen molar-refractivity contribution < 1.29 is 134 Å². The van der Waals surface area contributed by atoms with Crippen LogP contribution < -0.4 is 51.1 Å². The number of halogens is 4. The largest absolute Gasteiger partial charge is 0.386 e. The van der Waals surface area contributed by atoms with Crippen LogP contribution in [-0.4, -0.2) is 297 Å². The van der Waals surface area contributed by atoms with Crippen LogP contribution in [0.3, 0.4) is 0 Å². The van der Waals surface area contributed by atoms with Crippen molar-refractivity contribution in [2.24, 2.45) is 0 Å². The first-order chi connectivity index (χ1) is 64.1. The van der Waals surface area contributed by atoms with Crippen LogP contribution >= 0.6 is 52.6 Å². The summed E-state index contributed by atoms with van der Waals surface area (Å²) in [5, 5.41) is 7.72. The smallest absolute Gasteiger partial charge is 0.382 e. The Balaban J connectivity index is 0.000000126. The second-order valence-electron chi connectivity index (χ2n) is 30.7. The monoisotopic (exact) mass is 2120 g/mol. The number of rotatable bonds is 6. The maximum Gasteiger partial charge on any atom is 0.386 e. The zero-order valence-corrected chi connectivity index (χ0v) is 77.4. The van der Waals surface area contributed by atoms with Gasteiger partial charge in [-0.1, -0.05) is 17.5 Å². The van der Waals surface area contributed by atoms with E-state index in [1.807, 2.05) is 0 Å². The van der Waals surface area contributed by atoms with Gasteiger partial charge in [-0.2, -0.15) is 19.6 Å². The van der Waals surface area contributed by atoms with E-state index in [0.717, 1.165) is 28.2 Å². The zero-order valence-electron chi connectivity index (χ0n) is 67.1. The number of imidazole rings is 5. The molecule has 29 atom stereocenters. The lowest BCUT2D eigenvalue weighted by Gasteiger charge is -2.33. The third-order valence-electron chi connectivity index (χ3n) is 22.2. The molecular weight excluding hydrogens is 2060 g/mol. The molecule has 59 nitrogen and oxygen atoms in total. The Morgan fingerprint density at radius 2 is 0.793 bits per heavy atom. The van der Waals surface area contributed by atoms with Crippen LogP contribution in [0.1, 0.15) is 43.8 Å². The normalized spacial score (nSPS) is 38.0. The average Bonchev–Trinajstić information content (AvgIpc) is 1.55. The minimum Gasteiger partial charge on any atom is -0.382 e. The Morgan fingerprint density at radius 1 is 0.400 bits per heavy atom. The van der Waals surface area contributed by atoms with Gasteiger partial charge in [0.1, 0.15) is 103 Å². The Kier molecular flexibility index (Phi) is 25.0. The predicted molar refractivity (Wildman–Crippen MR) is 465 cm³/mol. The summed E-state index contributed by atoms with van der Waals surface area (Å²) in [6.07, 6.45) is -22.2. The van der Waals surface area contributed by atoms with E-state index in [0.29, 0.717) is 11.2 Å². The minimum absolute atomic E-state index is 0.0183. The Labute approximate surface area is 775 Å². The van der Waals surface area contributed by atoms with E-state index < -0.39 is 231 Å². The molecule has 8 unspecified atom stereocenters. The lowest BCUT2D eigenvalue weighted by Crippen LogP contribution is -2.45. The topological polar surface area (TPSA) is 784 Å². The summed E-state index contributed by atoms with van der Waals surface area (Å²) >= 11 is 30.2. The van der Waals surface area contributed by atoms with Crippen molar-refractivity contribution in [2.45, 2.75) is 147 Å². The summed E-state index contributed by atoms with van der Waals surface area (Å²) < 4.78 is 194. The van der Waals surface area contributed by atoms with Crippen molar-refractivity contribution in [3.8, 4) is 0 Å². The summed E-state index contributed by atoms with van der Waals surface area (Å²) in [5.41, 5.74) is 32.0. The van der Waals surface area contributed by atoms with Gasteiger partial charge in [0.2, 0.25) is 17.8 Å². The van der Waals surface area contributed by atoms with E-state index in [4.69, 9.17) is 181 Å². The molecule has 10 aliphatic rings. The number of thiol groups is 1. The number of hydrogen-bond donors (Lipinski definition) is 15. The van der Waals surface area contributed by atoms with Crippen LogP contribution in [0.15, 0.2) is 65.0 Å². The molecule has 135 heavy (non-hydrogen) atoms. The summed E-state index contributed by atoms with van der Waals surface area (Å²) in [4.78, 5) is 156. The molecule has 22 heterocycles. The number of aromatic amines is 3. The van der Waals surface area contributed by atoms with Crippen molar-refractivity contribution in [2.75, 3.05) is 80.7 Å². The van der Waals surface area contributed by atoms with Gasteiger partial charge in [-0.25, -0.2) is 77.0 Å². The molecule has 10 saturated heterocycles. The minimum atomic E-state index is -4.36. The first kappa shape index (κ1) is 94.6. The van der Waals surface area contributed by atoms with Crippen LogP contribution in [-0.2, 0) is 151 Å². The van der Waals surface area contributed by atoms with Crippen molar-refractivity contribution in [1.82, 2.24) is 123 Å². The van der Waals surface area contributed by atoms with Crippen molar-refractivity contribution >= 4 is 214 Å². The van der Waals surface area contributed by atoms with Gasteiger partial charge in [0, 0.05) is 6.42 Å². The molecule has 724 valence electrons. The number of aromatic nitrogens is 25. The van der Waals surface area contributed by atoms with Gasteiger partial charge in [-0.05, 0) is 59.0 Å². The Bertz CT molecular complexity index is 7210. The summed E-state index contributed by atoms with van der Waals surface area (Å²) in [7, 11) is 0. The van der Waals surface area contributed by atoms with Crippen molar-refractivity contribution in [3.63, 3.8) is 0 Å². The molecule has 10 aliphatic heterocycles. The molecule has 75 heteroatoms. The fraction of sp³-hybridized carbons (Fsp3) is 0.517. The van der Waals surface area contributed by atoms with Gasteiger partial charge in [-0.3, -0.25) is 83.8 Å². The molecule has 10 fully saturated rings. The van der Waals surface area contributed by atoms with Crippen LogP contribution in [0.4, 0.5) is 52.9 Å². The molecule has 0 spiro atoms. The van der Waals surface area contributed by atoms with Crippen molar-refractivity contribution in [3.05, 3.63) is 81.7 Å². The number of nitrogens with one attached hydrogen (secondary N) is 3. The highest BCUT2D eigenvalue weighted by Gasteiger charge is 2.66. The number of nitrogens with zero attached hydrogens (tertiary/aromatic N) is 22. The Hall–Kier alpha value is -7.98. The van der Waals surface area contributed by atoms with E-state index in [2.05, 4.69) is 107 Å². The summed E-state index contributed by atoms with van der Waals surface area (Å²) in [5.74, 6) is -0.470. The second-order valence-corrected chi connectivity index (χ2v) is 47.6. The number of H-pyrrole nitrogens is 3. The molecule has 0 amide bonds. The molecule has 0 radical (unpaired) electrons. The highest BCUT2D eigenvalue weighted by atomic mass is 32.7. The number of alkyl halides is 4. The highest BCUT2D eigenvalue weighted by Crippen LogP contribution is 2.62. The summed E-state index contributed by atoms with van der Waals surface area (Å²) in [6.45, 7) is -29.0. The lowest BCUT2D eigenvalue weighted by atomic mass is 10.0. The fourth-order valence-corrected chi connectivity index (χ4v) is 25.0. The van der Waals surface area contributed by atoms with E-state index in [1.54, 1.807) is 4.57 Å². The van der Waals surface area contributed by atoms with Gasteiger partial charge in [0.25, 0.3) is 16.7 Å². The quantitative estimate of drug-likeness (QED) is 0.0552. The number of hydrogen-bond acceptors (Lipinski definition) is 50. The van der Waals surface area contributed by atoms with Crippen LogP contribution in [0.2, 0.25) is 0 Å². The second kappa shape index (κ2) is 35.7. The third-order valence-corrected chi connectivity index (χ3v) is 31.7. The SMILES string of the molecule is Nc1nc2c(ncn2[C@@H]2O[C@@H]3COP(O)(=S)O[C@@H]4C(F)[C@H](n5cnc6c(N)ncnc65)O[C@@H]4COP(=O)(S)OC2C3)c(=O)[nH]1.Nc1nc2c(ncn2[C@@H]2O[C@@H]3COP(O)(=S)O[C@H]4[C@H](F)[C@H](n5nnc6c(N)ncnc65)O[C@@H]4COP(O)(=S)O[C@@H]2[C@@H]3F)c(=O)[nH]1.Nc1nc2c(ncn2[C@@H]2O[C@@H]3COP(O)(=S)O[C@H]4[C@H]5OC[C@]4(COP(O)(=S)O[C@@H]2[C@H]3F)O[C@H]5n2cnc3c(N)ncnc32)c(=O)[nH]1. The molecule has 22 rings (SSSR count). The third kappa shape index (κ3) is 18.0. The van der Waals surface area contributed by atoms with Gasteiger partial charge >= 0.3 is 40.4 Å². The zero-order chi connectivity index (χ0) is 95.0. The molecule has 12 aromatic rings. The number of nitrogens with two attached hydrogens (primary N) is 6. The Morgan fingerprint density at radius 3 is 1.30 bits per heavy atom. The van der Waals surface area contributed by atoms with Crippen LogP contribution in [0.25, 0.3) is 67.0 Å². The standard InChI is InChI=1S/C21H23FN10O10P2S2.C20H23FN10O9P2S2.C19H21F2N11O9P2S2/c22-8-7-1-37-43(34,45)42-13-12-19(31-5-27-9-14(23)25-4-26-15(9)31)40-21(13,2-36-12)3-38-44(35,46)41-11(8)18(39-7)32-6-28-10-16(32)29-20(24)30-17(10)33;21-10-13-9(38-19(10)30-5-26-11-14(22)24-4-25-15(11)30)3-36-41(33,43)39-8-1-7(2-35-42(34,44)40-13)37-18(8)31-6-27-12-16(31)28-20(23)29-17(12)32;20-7-5-1-36-42(34,44)40-11-6(39-17(8(11)21)32-14-9(29-30-32)13(22)24-3-25-14)2-37-43(35,45)41-12(7)18(38-5)31-4-26-10-15(31)27-19(23)28-16(10)33/h4-8,11-13,18-19H,1-3H2,(H,34,45)(H,35,46)(H2,23,25,26)(H3,24,29,30,33);4-10,13,18-19H,1-3H2,(H,33,43)(H,34,44)(H2,22,24,25)(H3,23,28,29,32);3-8,11-12,17-18H,1-2H2,(H,34,44)(H,35,45)(H2,22,24,25)(H3,23,27,28,33)/t7-,8+,11-,12-,13+,18-,19-,21-,43?,44?;7-,8?,9+,10?,13-,18+,19+,41?,42?;5-,6-,7-,8+,11-,12-,17-,18-,42?,43?/m101/s1. The molecular formula is C60H67F4N31O28P6S6. The average molecular weight is 2120 g/mol.